The summed E-state index contributed by atoms with van der Waals surface area (Å²) in [6.07, 6.45) is -5.89. The van der Waals surface area contributed by atoms with E-state index in [1.807, 2.05) is 0 Å². The van der Waals surface area contributed by atoms with Crippen LogP contribution in [0, 0.1) is 17.2 Å². The summed E-state index contributed by atoms with van der Waals surface area (Å²) in [5.74, 6) is -4.70. The van der Waals surface area contributed by atoms with Crippen molar-refractivity contribution in [3.05, 3.63) is 102 Å². The Hall–Kier alpha value is -3.81. The molecule has 0 N–H and O–H groups in total. The van der Waals surface area contributed by atoms with Gasteiger partial charge in [0.1, 0.15) is 11.2 Å². The number of ketones is 1. The Bertz CT molecular complexity index is 1230. The van der Waals surface area contributed by atoms with Crippen molar-refractivity contribution in [1.29, 1.82) is 0 Å². The number of benzene rings is 3. The zero-order chi connectivity index (χ0) is 24.5. The number of alkyl halides is 3. The summed E-state index contributed by atoms with van der Waals surface area (Å²) < 4.78 is 56.8. The number of para-hydroxylation sites is 1. The van der Waals surface area contributed by atoms with Crippen molar-refractivity contribution in [2.24, 2.45) is 16.4 Å². The molecule has 1 amide bonds. The van der Waals surface area contributed by atoms with Gasteiger partial charge in [-0.05, 0) is 48.9 Å². The summed E-state index contributed by atoms with van der Waals surface area (Å²) in [5.41, 5.74) is -1.65. The molecule has 1 aliphatic rings. The van der Waals surface area contributed by atoms with Crippen LogP contribution in [-0.2, 0) is 4.79 Å². The van der Waals surface area contributed by atoms with E-state index >= 15 is 0 Å². The van der Waals surface area contributed by atoms with Gasteiger partial charge in [0.15, 0.2) is 5.78 Å². The van der Waals surface area contributed by atoms with Crippen molar-refractivity contribution in [1.82, 2.24) is 0 Å². The van der Waals surface area contributed by atoms with Crippen LogP contribution in [0.15, 0.2) is 90.0 Å². The van der Waals surface area contributed by atoms with Gasteiger partial charge in [-0.25, -0.2) is 4.39 Å². The van der Waals surface area contributed by atoms with E-state index in [9.17, 15) is 27.2 Å². The lowest BCUT2D eigenvalue weighted by molar-refractivity contribution is -0.195. The smallest absolute Gasteiger partial charge is 0.294 e. The molecule has 174 valence electrons. The van der Waals surface area contributed by atoms with E-state index < -0.39 is 41.4 Å². The molecule has 2 atom stereocenters. The highest BCUT2D eigenvalue weighted by atomic mass is 19.4. The number of rotatable bonds is 6. The maximum Gasteiger partial charge on any atom is 0.393 e. The molecule has 8 heteroatoms. The third-order valence-electron chi connectivity index (χ3n) is 6.02. The Labute approximate surface area is 193 Å². The number of amides is 1. The number of carbonyl (C=O) groups excluding carboxylic acids is 2. The van der Waals surface area contributed by atoms with Crippen LogP contribution in [0.25, 0.3) is 0 Å². The van der Waals surface area contributed by atoms with Crippen LogP contribution < -0.4 is 5.01 Å². The van der Waals surface area contributed by atoms with Gasteiger partial charge in [0.2, 0.25) is 0 Å². The monoisotopic (exact) mass is 468 g/mol. The van der Waals surface area contributed by atoms with Gasteiger partial charge in [0.05, 0.1) is 17.3 Å². The van der Waals surface area contributed by atoms with Gasteiger partial charge in [-0.15, -0.1) is 0 Å². The average Bonchev–Trinajstić information content (AvgIpc) is 3.09. The van der Waals surface area contributed by atoms with Crippen LogP contribution in [0.3, 0.4) is 0 Å². The highest BCUT2D eigenvalue weighted by molar-refractivity contribution is 6.25. The largest absolute Gasteiger partial charge is 0.393 e. The minimum Gasteiger partial charge on any atom is -0.294 e. The molecule has 1 heterocycles. The number of anilines is 1. The van der Waals surface area contributed by atoms with Gasteiger partial charge in [0.25, 0.3) is 5.91 Å². The van der Waals surface area contributed by atoms with Crippen molar-refractivity contribution < 1.29 is 27.2 Å². The predicted octanol–water partition coefficient (Wildman–Crippen LogP) is 6.03. The molecule has 0 radical (unpaired) electrons. The van der Waals surface area contributed by atoms with E-state index in [1.54, 1.807) is 60.7 Å². The van der Waals surface area contributed by atoms with Gasteiger partial charge < -0.3 is 0 Å². The fourth-order valence-corrected chi connectivity index (χ4v) is 4.17. The number of hydrazone groups is 1. The van der Waals surface area contributed by atoms with Crippen LogP contribution in [0.4, 0.5) is 23.2 Å². The molecule has 1 aliphatic heterocycles. The molecule has 0 unspecified atom stereocenters. The van der Waals surface area contributed by atoms with Crippen LogP contribution in [0.2, 0.25) is 0 Å². The first kappa shape index (κ1) is 23.4. The topological polar surface area (TPSA) is 49.7 Å². The number of Topliss-reactive ketones (excluding diaryl/α,β-unsaturated/α-hetero) is 1. The van der Waals surface area contributed by atoms with E-state index in [0.717, 1.165) is 29.3 Å². The Kier molecular flexibility index (Phi) is 6.08. The Morgan fingerprint density at radius 1 is 0.941 bits per heavy atom. The molecule has 0 bridgehead atoms. The van der Waals surface area contributed by atoms with E-state index in [2.05, 4.69) is 5.10 Å². The summed E-state index contributed by atoms with van der Waals surface area (Å²) in [5, 5.41) is 5.29. The quantitative estimate of drug-likeness (QED) is 0.327. The van der Waals surface area contributed by atoms with Crippen LogP contribution in [-0.4, -0.2) is 23.6 Å². The molecular formula is C26H20F4N2O2. The van der Waals surface area contributed by atoms with Gasteiger partial charge in [-0.1, -0.05) is 48.5 Å². The summed E-state index contributed by atoms with van der Waals surface area (Å²) in [4.78, 5) is 26.4. The van der Waals surface area contributed by atoms with Gasteiger partial charge in [-0.2, -0.15) is 23.3 Å². The molecule has 4 nitrogen and oxygen atoms in total. The summed E-state index contributed by atoms with van der Waals surface area (Å²) in [6.45, 7) is 1.18. The van der Waals surface area contributed by atoms with Crippen molar-refractivity contribution in [2.75, 3.05) is 5.01 Å². The molecule has 0 aliphatic carbocycles. The van der Waals surface area contributed by atoms with Crippen molar-refractivity contribution >= 4 is 23.1 Å². The fraction of sp³-hybridized carbons (Fsp3) is 0.192. The van der Waals surface area contributed by atoms with Crippen LogP contribution in [0.1, 0.15) is 29.3 Å². The molecule has 0 fully saturated rings. The normalized spacial score (nSPS) is 19.1. The number of hydrogen-bond acceptors (Lipinski definition) is 3. The molecule has 0 saturated carbocycles. The molecular weight excluding hydrogens is 448 g/mol. The lowest BCUT2D eigenvalue weighted by Gasteiger charge is -2.34. The van der Waals surface area contributed by atoms with Gasteiger partial charge in [0, 0.05) is 12.0 Å². The van der Waals surface area contributed by atoms with E-state index in [-0.39, 0.29) is 11.3 Å². The Balaban J connectivity index is 1.82. The third kappa shape index (κ3) is 4.23. The van der Waals surface area contributed by atoms with E-state index in [4.69, 9.17) is 0 Å². The maximum atomic E-state index is 14.5. The molecule has 3 aromatic rings. The highest BCUT2D eigenvalue weighted by Gasteiger charge is 2.62. The second-order valence-corrected chi connectivity index (χ2v) is 8.20. The molecule has 4 rings (SSSR count). The second kappa shape index (κ2) is 8.85. The van der Waals surface area contributed by atoms with E-state index in [1.165, 1.54) is 6.92 Å². The van der Waals surface area contributed by atoms with E-state index in [0.29, 0.717) is 11.3 Å². The minimum absolute atomic E-state index is 0.0668. The predicted molar refractivity (Wildman–Crippen MR) is 120 cm³/mol. The second-order valence-electron chi connectivity index (χ2n) is 8.20. The fourth-order valence-electron chi connectivity index (χ4n) is 4.17. The summed E-state index contributed by atoms with van der Waals surface area (Å²) in [6, 6.07) is 20.6. The lowest BCUT2D eigenvalue weighted by atomic mass is 9.68. The van der Waals surface area contributed by atoms with Crippen molar-refractivity contribution in [2.45, 2.75) is 19.5 Å². The molecule has 0 aromatic heterocycles. The SMILES string of the molecule is C[C@@]1([C@H](CC(=O)c2ccc(F)cc2)C(F)(F)F)C(=O)N(c2ccccc2)N=C1c1ccccc1. The zero-order valence-corrected chi connectivity index (χ0v) is 18.1. The van der Waals surface area contributed by atoms with Crippen molar-refractivity contribution in [3.8, 4) is 0 Å². The zero-order valence-electron chi connectivity index (χ0n) is 18.1. The third-order valence-corrected chi connectivity index (χ3v) is 6.02. The van der Waals surface area contributed by atoms with Crippen LogP contribution >= 0.6 is 0 Å². The average molecular weight is 468 g/mol. The van der Waals surface area contributed by atoms with Crippen molar-refractivity contribution in [3.63, 3.8) is 0 Å². The molecule has 0 saturated heterocycles. The molecule has 3 aromatic carbocycles. The first-order chi connectivity index (χ1) is 16.1. The molecule has 34 heavy (non-hydrogen) atoms. The first-order valence-corrected chi connectivity index (χ1v) is 10.5. The molecule has 0 spiro atoms. The minimum atomic E-state index is -4.90. The Morgan fingerprint density at radius 2 is 1.50 bits per heavy atom. The number of halogens is 4. The van der Waals surface area contributed by atoms with Gasteiger partial charge in [-0.3, -0.25) is 9.59 Å². The first-order valence-electron chi connectivity index (χ1n) is 10.5. The highest BCUT2D eigenvalue weighted by Crippen LogP contribution is 2.49. The maximum absolute atomic E-state index is 14.5. The number of carbonyl (C=O) groups is 2. The summed E-state index contributed by atoms with van der Waals surface area (Å²) in [7, 11) is 0. The van der Waals surface area contributed by atoms with Gasteiger partial charge >= 0.3 is 6.18 Å². The lowest BCUT2D eigenvalue weighted by Crippen LogP contribution is -2.50. The van der Waals surface area contributed by atoms with Crippen LogP contribution in [0.5, 0.6) is 0 Å². The standard InChI is InChI=1S/C26H20F4N2O2/c1-25(22(26(28,29)30)16-21(33)17-12-14-19(27)15-13-17)23(18-8-4-2-5-9-18)31-32(24(25)34)20-10-6-3-7-11-20/h2-15,22H,16H2,1H3/t22-,25-/m0/s1. The Morgan fingerprint density at radius 3 is 2.06 bits per heavy atom. The summed E-state index contributed by atoms with van der Waals surface area (Å²) >= 11 is 0. The number of nitrogens with zero attached hydrogens (tertiary/aromatic N) is 2. The number of hydrogen-bond donors (Lipinski definition) is 0.